The van der Waals surface area contributed by atoms with Crippen LogP contribution in [0.2, 0.25) is 0 Å². The van der Waals surface area contributed by atoms with E-state index in [1.807, 2.05) is 0 Å². The molecule has 17 heavy (non-hydrogen) atoms. The summed E-state index contributed by atoms with van der Waals surface area (Å²) in [5, 5.41) is 26.2. The Kier molecular flexibility index (Phi) is 4.93. The molecule has 0 aliphatic heterocycles. The van der Waals surface area contributed by atoms with Gasteiger partial charge in [0.05, 0.1) is 12.8 Å². The van der Waals surface area contributed by atoms with Crippen molar-refractivity contribution in [3.8, 4) is 0 Å². The van der Waals surface area contributed by atoms with Crippen molar-refractivity contribution in [2.75, 3.05) is 0 Å². The molecule has 0 amide bonds. The highest BCUT2D eigenvalue weighted by molar-refractivity contribution is 7.53. The van der Waals surface area contributed by atoms with E-state index in [9.17, 15) is 19.5 Å². The first-order chi connectivity index (χ1) is 7.46. The molecule has 0 aliphatic rings. The van der Waals surface area contributed by atoms with Gasteiger partial charge in [-0.15, -0.1) is 0 Å². The summed E-state index contributed by atoms with van der Waals surface area (Å²) >= 11 is 0. The van der Waals surface area contributed by atoms with Crippen LogP contribution < -0.4 is 0 Å². The quantitative estimate of drug-likeness (QED) is 0.292. The van der Waals surface area contributed by atoms with Crippen molar-refractivity contribution in [3.63, 3.8) is 0 Å². The average Bonchev–Trinajstić information content (AvgIpc) is 1.96. The van der Waals surface area contributed by atoms with Crippen LogP contribution in [0, 0.1) is 0 Å². The third kappa shape index (κ3) is 6.09. The lowest BCUT2D eigenvalue weighted by Crippen LogP contribution is -2.43. The molecule has 98 valence electrons. The number of carboxylic acid groups (broad SMARTS) is 2. The molecular weight excluding hydrogens is 263 g/mol. The lowest BCUT2D eigenvalue weighted by atomic mass is 9.96. The van der Waals surface area contributed by atoms with Crippen molar-refractivity contribution in [2.24, 2.45) is 0 Å². The van der Waals surface area contributed by atoms with Crippen LogP contribution in [0.1, 0.15) is 12.8 Å². The lowest BCUT2D eigenvalue weighted by Gasteiger charge is -2.19. The van der Waals surface area contributed by atoms with Crippen molar-refractivity contribution in [3.05, 3.63) is 0 Å². The first kappa shape index (κ1) is 15.7. The molecule has 0 radical (unpaired) electrons. The molecule has 0 aromatic rings. The van der Waals surface area contributed by atoms with Crippen LogP contribution in [0.15, 0.2) is 0 Å². The molecular formula is C6H10O10P+. The van der Waals surface area contributed by atoms with Gasteiger partial charge in [0.2, 0.25) is 0 Å². The fraction of sp³-hybridized carbons (Fsp3) is 0.500. The van der Waals surface area contributed by atoms with E-state index in [4.69, 9.17) is 24.9 Å². The van der Waals surface area contributed by atoms with E-state index in [-0.39, 0.29) is 0 Å². The molecule has 1 unspecified atom stereocenters. The Hall–Kier alpha value is -1.32. The minimum Gasteiger partial charge on any atom is -0.481 e. The summed E-state index contributed by atoms with van der Waals surface area (Å²) in [7, 11) is -4.92. The van der Waals surface area contributed by atoms with E-state index in [0.29, 0.717) is 0 Å². The maximum Gasteiger partial charge on any atom is 0.616 e. The predicted molar refractivity (Wildman–Crippen MR) is 49.1 cm³/mol. The van der Waals surface area contributed by atoms with Gasteiger partial charge in [-0.25, -0.2) is 14.1 Å². The Morgan fingerprint density at radius 2 is 1.53 bits per heavy atom. The highest BCUT2D eigenvalue weighted by atomic mass is 31.2. The minimum absolute atomic E-state index is 1.30. The topological polar surface area (TPSA) is 182 Å². The number of rotatable bonds is 6. The first-order valence-corrected chi connectivity index (χ1v) is 5.50. The zero-order chi connectivity index (χ0) is 13.9. The van der Waals surface area contributed by atoms with Crippen molar-refractivity contribution < 1.29 is 48.9 Å². The number of carboxylic acids is 2. The molecule has 0 aliphatic carbocycles. The molecule has 0 bridgehead atoms. The van der Waals surface area contributed by atoms with Crippen molar-refractivity contribution >= 4 is 26.1 Å². The number of carbonyl (C=O) groups is 3. The second kappa shape index (κ2) is 5.34. The van der Waals surface area contributed by atoms with E-state index in [0.717, 1.165) is 0 Å². The van der Waals surface area contributed by atoms with E-state index in [1.54, 1.807) is 0 Å². The average molecular weight is 273 g/mol. The molecule has 0 heterocycles. The number of carbonyl (C=O) groups excluding carboxylic acids is 1. The maximum atomic E-state index is 10.9. The van der Waals surface area contributed by atoms with Gasteiger partial charge < -0.3 is 15.3 Å². The van der Waals surface area contributed by atoms with Crippen LogP contribution >= 0.6 is 8.17 Å². The van der Waals surface area contributed by atoms with E-state index < -0.39 is 44.5 Å². The number of hydrogen-bond acceptors (Lipinski definition) is 8. The SMILES string of the molecule is O=C(O)CC(O)(CC(=O)O[P+](O)(O)O)C(=O)O. The summed E-state index contributed by atoms with van der Waals surface area (Å²) in [6.07, 6.45) is -2.66. The van der Waals surface area contributed by atoms with Crippen LogP contribution in [0.25, 0.3) is 0 Å². The Morgan fingerprint density at radius 3 is 1.82 bits per heavy atom. The van der Waals surface area contributed by atoms with Gasteiger partial charge in [-0.1, -0.05) is 0 Å². The molecule has 10 nitrogen and oxygen atoms in total. The Balaban J connectivity index is 4.72. The summed E-state index contributed by atoms with van der Waals surface area (Å²) in [4.78, 5) is 56.7. The zero-order valence-corrected chi connectivity index (χ0v) is 9.07. The lowest BCUT2D eigenvalue weighted by molar-refractivity contribution is -0.170. The highest BCUT2D eigenvalue weighted by Crippen LogP contribution is 2.46. The molecule has 0 fully saturated rings. The fourth-order valence-electron chi connectivity index (χ4n) is 0.872. The van der Waals surface area contributed by atoms with Gasteiger partial charge in [0, 0.05) is 0 Å². The molecule has 0 saturated carbocycles. The van der Waals surface area contributed by atoms with Gasteiger partial charge in [0.1, 0.15) is 0 Å². The summed E-state index contributed by atoms with van der Waals surface area (Å²) in [6, 6.07) is 0. The number of hydrogen-bond donors (Lipinski definition) is 6. The van der Waals surface area contributed by atoms with Crippen LogP contribution in [0.3, 0.4) is 0 Å². The van der Waals surface area contributed by atoms with Gasteiger partial charge >= 0.3 is 26.1 Å². The predicted octanol–water partition coefficient (Wildman–Crippen LogP) is -2.14. The normalized spacial score (nSPS) is 14.8. The van der Waals surface area contributed by atoms with E-state index >= 15 is 0 Å². The first-order valence-electron chi connectivity index (χ1n) is 3.93. The van der Waals surface area contributed by atoms with Gasteiger partial charge in [-0.2, -0.15) is 14.7 Å². The van der Waals surface area contributed by atoms with Gasteiger partial charge in [0.15, 0.2) is 5.60 Å². The zero-order valence-electron chi connectivity index (χ0n) is 8.18. The Bertz CT molecular complexity index is 332. The smallest absolute Gasteiger partial charge is 0.481 e. The molecule has 0 aromatic heterocycles. The molecule has 0 spiro atoms. The molecule has 11 heteroatoms. The second-order valence-corrected chi connectivity index (χ2v) is 4.27. The van der Waals surface area contributed by atoms with Crippen LogP contribution in [0.5, 0.6) is 0 Å². The molecule has 0 saturated heterocycles. The van der Waals surface area contributed by atoms with E-state index in [1.165, 1.54) is 0 Å². The minimum atomic E-state index is -4.92. The summed E-state index contributed by atoms with van der Waals surface area (Å²) in [6.45, 7) is 0. The molecule has 0 rings (SSSR count). The Morgan fingerprint density at radius 1 is 1.06 bits per heavy atom. The summed E-state index contributed by atoms with van der Waals surface area (Å²) < 4.78 is 3.59. The third-order valence-electron chi connectivity index (χ3n) is 1.50. The van der Waals surface area contributed by atoms with Gasteiger partial charge in [-0.05, 0) is 0 Å². The van der Waals surface area contributed by atoms with Gasteiger partial charge in [-0.3, -0.25) is 4.79 Å². The maximum absolute atomic E-state index is 10.9. The largest absolute Gasteiger partial charge is 0.616 e. The second-order valence-electron chi connectivity index (χ2n) is 3.06. The summed E-state index contributed by atoms with van der Waals surface area (Å²) in [5.41, 5.74) is -2.96. The fourth-order valence-corrected chi connectivity index (χ4v) is 1.21. The highest BCUT2D eigenvalue weighted by Gasteiger charge is 2.46. The Labute approximate surface area is 94.4 Å². The van der Waals surface area contributed by atoms with Crippen molar-refractivity contribution in [2.45, 2.75) is 18.4 Å². The van der Waals surface area contributed by atoms with Crippen LogP contribution in [-0.2, 0) is 18.9 Å². The molecule has 0 aromatic carbocycles. The number of aliphatic hydroxyl groups is 1. The molecule has 1 atom stereocenters. The number of aliphatic carboxylic acids is 2. The van der Waals surface area contributed by atoms with Crippen molar-refractivity contribution in [1.82, 2.24) is 0 Å². The van der Waals surface area contributed by atoms with E-state index in [2.05, 4.69) is 4.52 Å². The monoisotopic (exact) mass is 273 g/mol. The molecule has 6 N–H and O–H groups in total. The third-order valence-corrected chi connectivity index (χ3v) is 1.95. The van der Waals surface area contributed by atoms with Crippen LogP contribution in [0.4, 0.5) is 0 Å². The summed E-state index contributed by atoms with van der Waals surface area (Å²) in [5.74, 6) is -5.37. The van der Waals surface area contributed by atoms with Gasteiger partial charge in [0.25, 0.3) is 0 Å². The van der Waals surface area contributed by atoms with Crippen molar-refractivity contribution in [1.29, 1.82) is 0 Å². The van der Waals surface area contributed by atoms with Crippen LogP contribution in [-0.4, -0.2) is 53.5 Å². The standard InChI is InChI=1S/C6H9O10P/c7-3(8)1-6(12,5(10)11)2-4(9)16-17(13,14)15/h12-15H,1-2H2,(H-,7,8,10,11)/p+1.